The number of halogens is 2. The van der Waals surface area contributed by atoms with Crippen LogP contribution in [0.2, 0.25) is 0 Å². The average Bonchev–Trinajstić information content (AvgIpc) is 2.47. The standard InChI is InChI=1S/C15H16F2N2O2/c1-2-21-14-7-6-10(8-19-14)18-9-13(20)15-11(16)4-3-5-12(15)17/h3-8,13,18,20H,2,9H2,1H3. The summed E-state index contributed by atoms with van der Waals surface area (Å²) >= 11 is 0. The average molecular weight is 294 g/mol. The minimum atomic E-state index is -1.29. The zero-order valence-corrected chi connectivity index (χ0v) is 11.5. The Morgan fingerprint density at radius 3 is 2.52 bits per heavy atom. The van der Waals surface area contributed by atoms with Crippen LogP contribution in [-0.2, 0) is 0 Å². The molecule has 1 heterocycles. The third-order valence-electron chi connectivity index (χ3n) is 2.86. The zero-order chi connectivity index (χ0) is 15.2. The van der Waals surface area contributed by atoms with Gasteiger partial charge >= 0.3 is 0 Å². The van der Waals surface area contributed by atoms with Crippen molar-refractivity contribution >= 4 is 5.69 Å². The molecule has 0 bridgehead atoms. The Labute approximate surface area is 121 Å². The van der Waals surface area contributed by atoms with Crippen molar-refractivity contribution < 1.29 is 18.6 Å². The smallest absolute Gasteiger partial charge is 0.213 e. The lowest BCUT2D eigenvalue weighted by Gasteiger charge is -2.14. The van der Waals surface area contributed by atoms with E-state index in [1.807, 2.05) is 6.92 Å². The Morgan fingerprint density at radius 2 is 1.95 bits per heavy atom. The first-order valence-electron chi connectivity index (χ1n) is 6.56. The Kier molecular flexibility index (Phi) is 5.05. The van der Waals surface area contributed by atoms with Crippen LogP contribution in [0.1, 0.15) is 18.6 Å². The van der Waals surface area contributed by atoms with Gasteiger partial charge in [0, 0.05) is 12.6 Å². The molecule has 0 aliphatic heterocycles. The second-order valence-electron chi connectivity index (χ2n) is 4.35. The molecule has 0 aliphatic carbocycles. The molecule has 0 fully saturated rings. The monoisotopic (exact) mass is 294 g/mol. The molecule has 112 valence electrons. The highest BCUT2D eigenvalue weighted by Crippen LogP contribution is 2.21. The number of nitrogens with one attached hydrogen (secondary N) is 1. The minimum absolute atomic E-state index is 0.0342. The summed E-state index contributed by atoms with van der Waals surface area (Å²) in [5, 5.41) is 12.8. The number of aromatic nitrogens is 1. The predicted octanol–water partition coefficient (Wildman–Crippen LogP) is 2.90. The summed E-state index contributed by atoms with van der Waals surface area (Å²) in [4.78, 5) is 4.04. The van der Waals surface area contributed by atoms with Crippen molar-refractivity contribution in [3.8, 4) is 5.88 Å². The number of benzene rings is 1. The number of nitrogens with zero attached hydrogens (tertiary/aromatic N) is 1. The Balaban J connectivity index is 1.99. The third-order valence-corrected chi connectivity index (χ3v) is 2.86. The topological polar surface area (TPSA) is 54.4 Å². The lowest BCUT2D eigenvalue weighted by atomic mass is 10.1. The number of hydrogen-bond acceptors (Lipinski definition) is 4. The number of aliphatic hydroxyl groups excluding tert-OH is 1. The first kappa shape index (κ1) is 15.2. The minimum Gasteiger partial charge on any atom is -0.478 e. The molecule has 0 saturated heterocycles. The van der Waals surface area contributed by atoms with Crippen molar-refractivity contribution in [1.29, 1.82) is 0 Å². The molecule has 21 heavy (non-hydrogen) atoms. The van der Waals surface area contributed by atoms with Gasteiger partial charge in [-0.25, -0.2) is 13.8 Å². The molecular formula is C15H16F2N2O2. The van der Waals surface area contributed by atoms with E-state index in [4.69, 9.17) is 4.74 Å². The maximum Gasteiger partial charge on any atom is 0.213 e. The quantitative estimate of drug-likeness (QED) is 0.860. The first-order valence-corrected chi connectivity index (χ1v) is 6.56. The van der Waals surface area contributed by atoms with Gasteiger partial charge in [0.2, 0.25) is 5.88 Å². The van der Waals surface area contributed by atoms with Gasteiger partial charge < -0.3 is 15.2 Å². The van der Waals surface area contributed by atoms with E-state index in [0.717, 1.165) is 12.1 Å². The van der Waals surface area contributed by atoms with Crippen LogP contribution in [0.4, 0.5) is 14.5 Å². The Bertz CT molecular complexity index is 570. The lowest BCUT2D eigenvalue weighted by molar-refractivity contribution is 0.181. The van der Waals surface area contributed by atoms with Crippen LogP contribution in [0, 0.1) is 11.6 Å². The van der Waals surface area contributed by atoms with Crippen molar-refractivity contribution in [3.63, 3.8) is 0 Å². The fourth-order valence-corrected chi connectivity index (χ4v) is 1.86. The molecule has 0 amide bonds. The Hall–Kier alpha value is -2.21. The fraction of sp³-hybridized carbons (Fsp3) is 0.267. The number of aliphatic hydroxyl groups is 1. The highest BCUT2D eigenvalue weighted by atomic mass is 19.1. The molecule has 1 atom stereocenters. The van der Waals surface area contributed by atoms with E-state index in [1.54, 1.807) is 12.1 Å². The van der Waals surface area contributed by atoms with Crippen molar-refractivity contribution in [3.05, 3.63) is 53.7 Å². The summed E-state index contributed by atoms with van der Waals surface area (Å²) in [6.07, 6.45) is 0.230. The Morgan fingerprint density at radius 1 is 1.24 bits per heavy atom. The maximum absolute atomic E-state index is 13.5. The van der Waals surface area contributed by atoms with Gasteiger partial charge in [0.05, 0.1) is 24.1 Å². The summed E-state index contributed by atoms with van der Waals surface area (Å²) in [5.41, 5.74) is 0.276. The summed E-state index contributed by atoms with van der Waals surface area (Å²) < 4.78 is 32.2. The fourth-order valence-electron chi connectivity index (χ4n) is 1.86. The number of anilines is 1. The van der Waals surface area contributed by atoms with Gasteiger partial charge in [-0.05, 0) is 25.1 Å². The van der Waals surface area contributed by atoms with Gasteiger partial charge in [0.1, 0.15) is 17.7 Å². The van der Waals surface area contributed by atoms with Crippen LogP contribution in [-0.4, -0.2) is 23.2 Å². The SMILES string of the molecule is CCOc1ccc(NCC(O)c2c(F)cccc2F)cn1. The van der Waals surface area contributed by atoms with Crippen LogP contribution < -0.4 is 10.1 Å². The molecular weight excluding hydrogens is 278 g/mol. The maximum atomic E-state index is 13.5. The third kappa shape index (κ3) is 3.88. The van der Waals surface area contributed by atoms with Crippen molar-refractivity contribution in [1.82, 2.24) is 4.98 Å². The highest BCUT2D eigenvalue weighted by molar-refractivity contribution is 5.42. The molecule has 1 aromatic carbocycles. The number of pyridine rings is 1. The molecule has 1 unspecified atom stereocenters. The molecule has 2 aromatic rings. The van der Waals surface area contributed by atoms with Crippen LogP contribution in [0.3, 0.4) is 0 Å². The van der Waals surface area contributed by atoms with Crippen LogP contribution >= 0.6 is 0 Å². The summed E-state index contributed by atoms with van der Waals surface area (Å²) in [7, 11) is 0. The molecule has 0 aliphatic rings. The lowest BCUT2D eigenvalue weighted by Crippen LogP contribution is -2.15. The summed E-state index contributed by atoms with van der Waals surface area (Å²) in [6.45, 7) is 2.34. The first-order chi connectivity index (χ1) is 10.1. The van der Waals surface area contributed by atoms with Gasteiger partial charge in [-0.3, -0.25) is 0 Å². The molecule has 6 heteroatoms. The molecule has 0 radical (unpaired) electrons. The van der Waals surface area contributed by atoms with Crippen molar-refractivity contribution in [2.24, 2.45) is 0 Å². The zero-order valence-electron chi connectivity index (χ0n) is 11.5. The molecule has 4 nitrogen and oxygen atoms in total. The molecule has 0 saturated carbocycles. The number of rotatable bonds is 6. The van der Waals surface area contributed by atoms with Gasteiger partial charge in [-0.1, -0.05) is 6.07 Å². The highest BCUT2D eigenvalue weighted by Gasteiger charge is 2.17. The summed E-state index contributed by atoms with van der Waals surface area (Å²) in [5.74, 6) is -1.05. The largest absolute Gasteiger partial charge is 0.478 e. The van der Waals surface area contributed by atoms with Crippen LogP contribution in [0.15, 0.2) is 36.5 Å². The number of ether oxygens (including phenoxy) is 1. The van der Waals surface area contributed by atoms with Gasteiger partial charge in [-0.2, -0.15) is 0 Å². The molecule has 2 N–H and O–H groups in total. The van der Waals surface area contributed by atoms with Crippen molar-refractivity contribution in [2.45, 2.75) is 13.0 Å². The van der Waals surface area contributed by atoms with E-state index in [0.29, 0.717) is 18.2 Å². The number of hydrogen-bond donors (Lipinski definition) is 2. The summed E-state index contributed by atoms with van der Waals surface area (Å²) in [6, 6.07) is 6.86. The van der Waals surface area contributed by atoms with E-state index in [-0.39, 0.29) is 12.1 Å². The predicted molar refractivity (Wildman–Crippen MR) is 75.2 cm³/mol. The second-order valence-corrected chi connectivity index (χ2v) is 4.35. The van der Waals surface area contributed by atoms with E-state index >= 15 is 0 Å². The van der Waals surface area contributed by atoms with Crippen molar-refractivity contribution in [2.75, 3.05) is 18.5 Å². The van der Waals surface area contributed by atoms with Crippen LogP contribution in [0.25, 0.3) is 0 Å². The van der Waals surface area contributed by atoms with Crippen LogP contribution in [0.5, 0.6) is 5.88 Å². The van der Waals surface area contributed by atoms with E-state index < -0.39 is 17.7 Å². The van der Waals surface area contributed by atoms with Gasteiger partial charge in [0.25, 0.3) is 0 Å². The molecule has 0 spiro atoms. The van der Waals surface area contributed by atoms with E-state index in [2.05, 4.69) is 10.3 Å². The second kappa shape index (κ2) is 6.99. The normalized spacial score (nSPS) is 12.0. The van der Waals surface area contributed by atoms with E-state index in [1.165, 1.54) is 12.3 Å². The van der Waals surface area contributed by atoms with Gasteiger partial charge in [-0.15, -0.1) is 0 Å². The molecule has 2 rings (SSSR count). The van der Waals surface area contributed by atoms with E-state index in [9.17, 15) is 13.9 Å². The van der Waals surface area contributed by atoms with Gasteiger partial charge in [0.15, 0.2) is 0 Å². The molecule has 1 aromatic heterocycles.